The maximum atomic E-state index is 12.9. The van der Waals surface area contributed by atoms with E-state index >= 15 is 0 Å². The normalized spacial score (nSPS) is 12.3. The van der Waals surface area contributed by atoms with Crippen LogP contribution in [0.5, 0.6) is 0 Å². The van der Waals surface area contributed by atoms with E-state index in [4.69, 9.17) is 4.74 Å². The molecule has 0 aliphatic carbocycles. The van der Waals surface area contributed by atoms with Crippen molar-refractivity contribution in [3.63, 3.8) is 0 Å². The van der Waals surface area contributed by atoms with Crippen LogP contribution in [0.3, 0.4) is 0 Å². The van der Waals surface area contributed by atoms with E-state index in [0.717, 1.165) is 5.69 Å². The van der Waals surface area contributed by atoms with Gasteiger partial charge in [0.15, 0.2) is 17.6 Å². The minimum atomic E-state index is -1.04. The first kappa shape index (κ1) is 19.4. The molecule has 30 heavy (non-hydrogen) atoms. The highest BCUT2D eigenvalue weighted by Crippen LogP contribution is 2.23. The van der Waals surface area contributed by atoms with Crippen molar-refractivity contribution in [3.05, 3.63) is 54.2 Å². The topological polar surface area (TPSA) is 123 Å². The first-order valence-corrected chi connectivity index (χ1v) is 9.49. The Hall–Kier alpha value is -3.88. The minimum Gasteiger partial charge on any atom is -0.449 e. The van der Waals surface area contributed by atoms with E-state index in [1.165, 1.54) is 19.6 Å². The number of anilines is 1. The van der Waals surface area contributed by atoms with Gasteiger partial charge in [0.25, 0.3) is 5.91 Å². The van der Waals surface area contributed by atoms with E-state index in [9.17, 15) is 9.59 Å². The third-order valence-electron chi connectivity index (χ3n) is 4.67. The van der Waals surface area contributed by atoms with Crippen LogP contribution in [0.1, 0.15) is 42.7 Å². The second-order valence-electron chi connectivity index (χ2n) is 7.13. The van der Waals surface area contributed by atoms with E-state index in [2.05, 4.69) is 30.2 Å². The highest BCUT2D eigenvalue weighted by molar-refractivity contribution is 6.05. The standard InChI is InChI=1S/C21H20N6O3/c1-11(2)16-8-14(13-6-4-5-7-15(13)26-16)21(29)30-12(3)20(28)27-19-17-18(23-9-22-17)24-10-25-19/h4-12H,1-3H3,(H2,22,23,24,25,27,28). The number of para-hydroxylation sites is 1. The molecule has 3 heterocycles. The Kier molecular flexibility index (Phi) is 5.09. The lowest BCUT2D eigenvalue weighted by Crippen LogP contribution is -2.30. The molecule has 0 aliphatic heterocycles. The molecule has 1 aromatic carbocycles. The van der Waals surface area contributed by atoms with Gasteiger partial charge in [0.2, 0.25) is 0 Å². The first-order valence-electron chi connectivity index (χ1n) is 9.49. The molecule has 0 spiro atoms. The summed E-state index contributed by atoms with van der Waals surface area (Å²) in [4.78, 5) is 45.0. The number of aromatic nitrogens is 5. The van der Waals surface area contributed by atoms with Crippen LogP contribution in [0.25, 0.3) is 22.1 Å². The van der Waals surface area contributed by atoms with Gasteiger partial charge in [0.1, 0.15) is 11.8 Å². The van der Waals surface area contributed by atoms with Gasteiger partial charge in [-0.1, -0.05) is 32.0 Å². The number of nitrogens with one attached hydrogen (secondary N) is 2. The van der Waals surface area contributed by atoms with Gasteiger partial charge in [-0.2, -0.15) is 0 Å². The molecule has 0 fully saturated rings. The second kappa shape index (κ2) is 7.86. The van der Waals surface area contributed by atoms with Crippen LogP contribution < -0.4 is 5.32 Å². The van der Waals surface area contributed by atoms with Crippen molar-refractivity contribution in [2.75, 3.05) is 5.32 Å². The number of rotatable bonds is 5. The minimum absolute atomic E-state index is 0.136. The quantitative estimate of drug-likeness (QED) is 0.490. The second-order valence-corrected chi connectivity index (χ2v) is 7.13. The van der Waals surface area contributed by atoms with Gasteiger partial charge < -0.3 is 15.0 Å². The van der Waals surface area contributed by atoms with Crippen LogP contribution in [0.15, 0.2) is 43.0 Å². The van der Waals surface area contributed by atoms with Crippen molar-refractivity contribution in [2.45, 2.75) is 32.8 Å². The Bertz CT molecular complexity index is 1250. The Morgan fingerprint density at radius 2 is 1.90 bits per heavy atom. The number of carbonyl (C=O) groups is 2. The molecule has 1 amide bonds. The molecule has 0 saturated carbocycles. The van der Waals surface area contributed by atoms with Gasteiger partial charge in [0, 0.05) is 11.1 Å². The summed E-state index contributed by atoms with van der Waals surface area (Å²) in [5, 5.41) is 3.32. The third kappa shape index (κ3) is 3.69. The lowest BCUT2D eigenvalue weighted by molar-refractivity contribution is -0.123. The predicted molar refractivity (Wildman–Crippen MR) is 111 cm³/mol. The number of ether oxygens (including phenoxy) is 1. The van der Waals surface area contributed by atoms with Crippen molar-refractivity contribution in [2.24, 2.45) is 0 Å². The average Bonchev–Trinajstić information content (AvgIpc) is 3.22. The summed E-state index contributed by atoms with van der Waals surface area (Å²) in [6.07, 6.45) is 1.71. The molecule has 0 aliphatic rings. The highest BCUT2D eigenvalue weighted by atomic mass is 16.5. The number of nitrogens with zero attached hydrogens (tertiary/aromatic N) is 4. The fraction of sp³-hybridized carbons (Fsp3) is 0.238. The summed E-state index contributed by atoms with van der Waals surface area (Å²) < 4.78 is 5.46. The third-order valence-corrected chi connectivity index (χ3v) is 4.67. The van der Waals surface area contributed by atoms with E-state index < -0.39 is 18.0 Å². The summed E-state index contributed by atoms with van der Waals surface area (Å²) in [7, 11) is 0. The lowest BCUT2D eigenvalue weighted by atomic mass is 10.0. The summed E-state index contributed by atoms with van der Waals surface area (Å²) in [6, 6.07) is 9.07. The number of pyridine rings is 1. The van der Waals surface area contributed by atoms with Crippen LogP contribution in [0.2, 0.25) is 0 Å². The van der Waals surface area contributed by atoms with Crippen molar-refractivity contribution in [1.29, 1.82) is 0 Å². The molecule has 4 rings (SSSR count). The summed E-state index contributed by atoms with van der Waals surface area (Å²) in [5.41, 5.74) is 2.78. The summed E-state index contributed by atoms with van der Waals surface area (Å²) >= 11 is 0. The molecular weight excluding hydrogens is 384 g/mol. The molecule has 0 radical (unpaired) electrons. The van der Waals surface area contributed by atoms with E-state index in [1.807, 2.05) is 38.1 Å². The zero-order valence-electron chi connectivity index (χ0n) is 16.7. The number of hydrogen-bond acceptors (Lipinski definition) is 7. The maximum absolute atomic E-state index is 12.9. The molecule has 9 heteroatoms. The number of aromatic amines is 1. The fourth-order valence-corrected chi connectivity index (χ4v) is 3.02. The van der Waals surface area contributed by atoms with Crippen LogP contribution in [0, 0.1) is 0 Å². The first-order chi connectivity index (χ1) is 14.4. The Labute approximate surface area is 171 Å². The molecule has 9 nitrogen and oxygen atoms in total. The Morgan fingerprint density at radius 1 is 1.10 bits per heavy atom. The SMILES string of the molecule is CC(OC(=O)c1cc(C(C)C)nc2ccccc12)C(=O)Nc1ncnc2nc[nH]c12. The van der Waals surface area contributed by atoms with Crippen LogP contribution in [0.4, 0.5) is 5.82 Å². The average molecular weight is 404 g/mol. The molecule has 1 atom stereocenters. The van der Waals surface area contributed by atoms with Gasteiger partial charge >= 0.3 is 5.97 Å². The number of imidazole rings is 1. The van der Waals surface area contributed by atoms with E-state index in [0.29, 0.717) is 27.6 Å². The number of benzene rings is 1. The fourth-order valence-electron chi connectivity index (χ4n) is 3.02. The van der Waals surface area contributed by atoms with Crippen LogP contribution >= 0.6 is 0 Å². The number of esters is 1. The molecular formula is C21H20N6O3. The van der Waals surface area contributed by atoms with Crippen LogP contribution in [-0.4, -0.2) is 42.9 Å². The molecule has 2 N–H and O–H groups in total. The van der Waals surface area contributed by atoms with Gasteiger partial charge in [-0.15, -0.1) is 0 Å². The van der Waals surface area contributed by atoms with E-state index in [-0.39, 0.29) is 11.7 Å². The molecule has 0 bridgehead atoms. The Morgan fingerprint density at radius 3 is 2.70 bits per heavy atom. The van der Waals surface area contributed by atoms with Gasteiger partial charge in [-0.05, 0) is 25.0 Å². The molecule has 152 valence electrons. The van der Waals surface area contributed by atoms with Crippen molar-refractivity contribution < 1.29 is 14.3 Å². The van der Waals surface area contributed by atoms with Crippen molar-refractivity contribution >= 4 is 39.8 Å². The number of fused-ring (bicyclic) bond motifs is 2. The number of amides is 1. The monoisotopic (exact) mass is 404 g/mol. The maximum Gasteiger partial charge on any atom is 0.339 e. The summed E-state index contributed by atoms with van der Waals surface area (Å²) in [5.74, 6) is -0.703. The van der Waals surface area contributed by atoms with Gasteiger partial charge in [-0.25, -0.2) is 19.7 Å². The zero-order chi connectivity index (χ0) is 21.3. The summed E-state index contributed by atoms with van der Waals surface area (Å²) in [6.45, 7) is 5.51. The van der Waals surface area contributed by atoms with Gasteiger partial charge in [-0.3, -0.25) is 9.78 Å². The molecule has 1 unspecified atom stereocenters. The van der Waals surface area contributed by atoms with Gasteiger partial charge in [0.05, 0.1) is 17.4 Å². The Balaban J connectivity index is 1.56. The van der Waals surface area contributed by atoms with Crippen LogP contribution in [-0.2, 0) is 9.53 Å². The smallest absolute Gasteiger partial charge is 0.339 e. The number of H-pyrrole nitrogens is 1. The van der Waals surface area contributed by atoms with E-state index in [1.54, 1.807) is 6.07 Å². The number of hydrogen-bond donors (Lipinski definition) is 2. The zero-order valence-corrected chi connectivity index (χ0v) is 16.7. The molecule has 4 aromatic rings. The molecule has 3 aromatic heterocycles. The number of carbonyl (C=O) groups excluding carboxylic acids is 2. The highest BCUT2D eigenvalue weighted by Gasteiger charge is 2.23. The molecule has 0 saturated heterocycles. The lowest BCUT2D eigenvalue weighted by Gasteiger charge is -2.15. The van der Waals surface area contributed by atoms with Crippen molar-refractivity contribution in [1.82, 2.24) is 24.9 Å². The largest absolute Gasteiger partial charge is 0.449 e. The van der Waals surface area contributed by atoms with Crippen molar-refractivity contribution in [3.8, 4) is 0 Å². The predicted octanol–water partition coefficient (Wildman–Crippen LogP) is 3.21.